The average molecular weight is 342 g/mol. The first-order valence-electron chi connectivity index (χ1n) is 9.98. The van der Waals surface area contributed by atoms with E-state index >= 15 is 0 Å². The lowest BCUT2D eigenvalue weighted by molar-refractivity contribution is -0.129. The molecule has 24 heavy (non-hydrogen) atoms. The fourth-order valence-corrected chi connectivity index (χ4v) is 2.78. The molecule has 1 atom stereocenters. The van der Waals surface area contributed by atoms with E-state index in [4.69, 9.17) is 5.21 Å². The normalized spacial score (nSPS) is 12.6. The zero-order valence-corrected chi connectivity index (χ0v) is 15.6. The van der Waals surface area contributed by atoms with Gasteiger partial charge in [0, 0.05) is 6.42 Å². The van der Waals surface area contributed by atoms with Crippen molar-refractivity contribution >= 4 is 5.91 Å². The quantitative estimate of drug-likeness (QED) is 0.146. The third kappa shape index (κ3) is 17.5. The van der Waals surface area contributed by atoms with Crippen molar-refractivity contribution in [3.8, 4) is 0 Å². The molecule has 0 unspecified atom stereocenters. The third-order valence-corrected chi connectivity index (χ3v) is 4.36. The van der Waals surface area contributed by atoms with Gasteiger partial charge in [-0.2, -0.15) is 0 Å². The molecule has 0 radical (unpaired) electrons. The Kier molecular flexibility index (Phi) is 17.8. The van der Waals surface area contributed by atoms with Crippen LogP contribution in [0.3, 0.4) is 0 Å². The Labute approximate surface area is 148 Å². The number of nitrogens with one attached hydrogen (secondary N) is 1. The standard InChI is InChI=1S/C20H39NO3/c1-2-3-16-19(22)17-14-12-10-8-6-4-5-7-9-11-13-15-18-20(23)21-24/h14,17,19,22,24H,2-13,15-16,18H2,1H3,(H,21,23)/t19-/m1/s1. The highest BCUT2D eigenvalue weighted by atomic mass is 16.5. The Balaban J connectivity index is 3.17. The molecule has 0 heterocycles. The number of carbonyl (C=O) groups is 1. The summed E-state index contributed by atoms with van der Waals surface area (Å²) in [4.78, 5) is 10.8. The predicted octanol–water partition coefficient (Wildman–Crippen LogP) is 5.28. The van der Waals surface area contributed by atoms with E-state index in [0.717, 1.165) is 38.5 Å². The summed E-state index contributed by atoms with van der Waals surface area (Å²) in [6.07, 6.45) is 20.6. The summed E-state index contributed by atoms with van der Waals surface area (Å²) in [5, 5.41) is 18.0. The van der Waals surface area contributed by atoms with Crippen molar-refractivity contribution in [2.24, 2.45) is 0 Å². The highest BCUT2D eigenvalue weighted by Gasteiger charge is 1.98. The number of hydrogen-bond donors (Lipinski definition) is 3. The van der Waals surface area contributed by atoms with Gasteiger partial charge in [-0.25, -0.2) is 5.48 Å². The second kappa shape index (κ2) is 18.5. The van der Waals surface area contributed by atoms with E-state index in [1.807, 2.05) is 6.08 Å². The summed E-state index contributed by atoms with van der Waals surface area (Å²) in [6.45, 7) is 2.15. The number of rotatable bonds is 17. The number of allylic oxidation sites excluding steroid dienone is 1. The second-order valence-corrected chi connectivity index (χ2v) is 6.75. The van der Waals surface area contributed by atoms with E-state index in [1.165, 1.54) is 51.4 Å². The monoisotopic (exact) mass is 341 g/mol. The summed E-state index contributed by atoms with van der Waals surface area (Å²) in [6, 6.07) is 0. The Morgan fingerprint density at radius 3 is 2.00 bits per heavy atom. The molecule has 0 aliphatic heterocycles. The molecular formula is C20H39NO3. The van der Waals surface area contributed by atoms with Gasteiger partial charge < -0.3 is 5.11 Å². The van der Waals surface area contributed by atoms with Crippen LogP contribution in [0.2, 0.25) is 0 Å². The zero-order chi connectivity index (χ0) is 17.9. The zero-order valence-electron chi connectivity index (χ0n) is 15.6. The van der Waals surface area contributed by atoms with Crippen molar-refractivity contribution < 1.29 is 15.1 Å². The van der Waals surface area contributed by atoms with Crippen LogP contribution in [0.4, 0.5) is 0 Å². The highest BCUT2D eigenvalue weighted by molar-refractivity contribution is 5.74. The molecule has 4 heteroatoms. The molecule has 0 aromatic heterocycles. The first-order chi connectivity index (χ1) is 11.7. The second-order valence-electron chi connectivity index (χ2n) is 6.75. The lowest BCUT2D eigenvalue weighted by atomic mass is 10.0. The van der Waals surface area contributed by atoms with Crippen LogP contribution in [-0.4, -0.2) is 22.3 Å². The highest BCUT2D eigenvalue weighted by Crippen LogP contribution is 2.12. The fourth-order valence-electron chi connectivity index (χ4n) is 2.78. The molecule has 0 saturated heterocycles. The minimum Gasteiger partial charge on any atom is -0.389 e. The minimum atomic E-state index is -0.277. The molecule has 0 spiro atoms. The predicted molar refractivity (Wildman–Crippen MR) is 100 cm³/mol. The van der Waals surface area contributed by atoms with E-state index in [0.29, 0.717) is 6.42 Å². The van der Waals surface area contributed by atoms with Crippen LogP contribution in [0.15, 0.2) is 12.2 Å². The number of unbranched alkanes of at least 4 members (excludes halogenated alkanes) is 11. The van der Waals surface area contributed by atoms with E-state index in [9.17, 15) is 9.90 Å². The number of aliphatic hydroxyl groups is 1. The van der Waals surface area contributed by atoms with Crippen LogP contribution in [0, 0.1) is 0 Å². The third-order valence-electron chi connectivity index (χ3n) is 4.36. The van der Waals surface area contributed by atoms with Gasteiger partial charge in [-0.1, -0.05) is 83.3 Å². The van der Waals surface area contributed by atoms with Crippen LogP contribution in [0.1, 0.15) is 103 Å². The molecule has 0 rings (SSSR count). The van der Waals surface area contributed by atoms with Gasteiger partial charge in [0.15, 0.2) is 0 Å². The van der Waals surface area contributed by atoms with Crippen molar-refractivity contribution in [3.05, 3.63) is 12.2 Å². The van der Waals surface area contributed by atoms with Crippen molar-refractivity contribution in [3.63, 3.8) is 0 Å². The summed E-state index contributed by atoms with van der Waals surface area (Å²) in [5.74, 6) is -0.277. The summed E-state index contributed by atoms with van der Waals surface area (Å²) in [5.41, 5.74) is 1.67. The topological polar surface area (TPSA) is 69.6 Å². The molecule has 142 valence electrons. The summed E-state index contributed by atoms with van der Waals surface area (Å²) in [7, 11) is 0. The molecule has 1 amide bonds. The lowest BCUT2D eigenvalue weighted by Gasteiger charge is -2.04. The molecule has 0 aliphatic rings. The van der Waals surface area contributed by atoms with Gasteiger partial charge in [-0.15, -0.1) is 0 Å². The molecular weight excluding hydrogens is 302 g/mol. The van der Waals surface area contributed by atoms with Crippen LogP contribution in [0.5, 0.6) is 0 Å². The van der Waals surface area contributed by atoms with Crippen LogP contribution >= 0.6 is 0 Å². The van der Waals surface area contributed by atoms with E-state index in [1.54, 1.807) is 5.48 Å². The Morgan fingerprint density at radius 1 is 0.917 bits per heavy atom. The number of hydrogen-bond acceptors (Lipinski definition) is 3. The number of carbonyl (C=O) groups excluding carboxylic acids is 1. The van der Waals surface area contributed by atoms with Crippen molar-refractivity contribution in [2.45, 2.75) is 109 Å². The van der Waals surface area contributed by atoms with Gasteiger partial charge in [0.25, 0.3) is 0 Å². The van der Waals surface area contributed by atoms with Crippen LogP contribution in [0.25, 0.3) is 0 Å². The molecule has 4 nitrogen and oxygen atoms in total. The van der Waals surface area contributed by atoms with Crippen molar-refractivity contribution in [1.82, 2.24) is 5.48 Å². The number of amides is 1. The van der Waals surface area contributed by atoms with E-state index < -0.39 is 0 Å². The SMILES string of the molecule is CCCC[C@@H](O)C=CCCCCCCCCCCCCC(=O)NO. The molecule has 0 aromatic rings. The molecule has 0 aromatic carbocycles. The molecule has 0 saturated carbocycles. The van der Waals surface area contributed by atoms with Gasteiger partial charge in [-0.05, 0) is 25.7 Å². The minimum absolute atomic E-state index is 0.247. The van der Waals surface area contributed by atoms with Crippen LogP contribution in [-0.2, 0) is 4.79 Å². The summed E-state index contributed by atoms with van der Waals surface area (Å²) < 4.78 is 0. The molecule has 0 aliphatic carbocycles. The maximum atomic E-state index is 10.8. The van der Waals surface area contributed by atoms with Gasteiger partial charge in [0.05, 0.1) is 6.10 Å². The number of aliphatic hydroxyl groups excluding tert-OH is 1. The lowest BCUT2D eigenvalue weighted by Crippen LogP contribution is -2.17. The van der Waals surface area contributed by atoms with Crippen LogP contribution < -0.4 is 5.48 Å². The Hall–Kier alpha value is -0.870. The molecule has 0 fully saturated rings. The molecule has 0 bridgehead atoms. The van der Waals surface area contributed by atoms with Gasteiger partial charge >= 0.3 is 0 Å². The Morgan fingerprint density at radius 2 is 1.46 bits per heavy atom. The summed E-state index contributed by atoms with van der Waals surface area (Å²) >= 11 is 0. The maximum absolute atomic E-state index is 10.8. The van der Waals surface area contributed by atoms with Gasteiger partial charge in [0.2, 0.25) is 5.91 Å². The first kappa shape index (κ1) is 23.1. The van der Waals surface area contributed by atoms with Crippen molar-refractivity contribution in [1.29, 1.82) is 0 Å². The van der Waals surface area contributed by atoms with Gasteiger partial charge in [-0.3, -0.25) is 10.0 Å². The average Bonchev–Trinajstić information content (AvgIpc) is 2.59. The largest absolute Gasteiger partial charge is 0.389 e. The van der Waals surface area contributed by atoms with E-state index in [-0.39, 0.29) is 12.0 Å². The first-order valence-corrected chi connectivity index (χ1v) is 9.98. The number of hydroxylamine groups is 1. The maximum Gasteiger partial charge on any atom is 0.243 e. The fraction of sp³-hybridized carbons (Fsp3) is 0.850. The van der Waals surface area contributed by atoms with E-state index in [2.05, 4.69) is 13.0 Å². The smallest absolute Gasteiger partial charge is 0.243 e. The Bertz CT molecular complexity index is 305. The van der Waals surface area contributed by atoms with Crippen molar-refractivity contribution in [2.75, 3.05) is 0 Å². The van der Waals surface area contributed by atoms with Gasteiger partial charge in [0.1, 0.15) is 0 Å². The molecule has 3 N–H and O–H groups in total.